The van der Waals surface area contributed by atoms with Gasteiger partial charge in [-0.05, 0) is 25.1 Å². The summed E-state index contributed by atoms with van der Waals surface area (Å²) in [6.45, 7) is 4.03. The molecule has 0 spiro atoms. The van der Waals surface area contributed by atoms with E-state index in [9.17, 15) is 0 Å². The number of ether oxygens (including phenoxy) is 1. The molecule has 0 fully saturated rings. The molecule has 0 atom stereocenters. The molecule has 6 heteroatoms. The van der Waals surface area contributed by atoms with Gasteiger partial charge in [-0.15, -0.1) is 0 Å². The second-order valence-corrected chi connectivity index (χ2v) is 4.68. The third-order valence-corrected chi connectivity index (χ3v) is 3.02. The molecule has 0 heterocycles. The van der Waals surface area contributed by atoms with Crippen LogP contribution in [0.25, 0.3) is 0 Å². The van der Waals surface area contributed by atoms with Gasteiger partial charge in [-0.1, -0.05) is 21.1 Å². The van der Waals surface area contributed by atoms with Gasteiger partial charge in [-0.25, -0.2) is 0 Å². The van der Waals surface area contributed by atoms with Crippen molar-refractivity contribution in [3.05, 3.63) is 28.2 Å². The van der Waals surface area contributed by atoms with Crippen LogP contribution >= 0.6 is 15.9 Å². The van der Waals surface area contributed by atoms with Gasteiger partial charge in [0, 0.05) is 35.9 Å². The van der Waals surface area contributed by atoms with E-state index >= 15 is 0 Å². The van der Waals surface area contributed by atoms with Crippen molar-refractivity contribution in [2.45, 2.75) is 6.92 Å². The van der Waals surface area contributed by atoms with Crippen molar-refractivity contribution in [3.63, 3.8) is 0 Å². The SMILES string of the molecule is CCOCCN(C)c1ccc(Br)cc1/C(N)=N/O. The number of nitrogens with two attached hydrogens (primary N) is 1. The number of amidine groups is 1. The summed E-state index contributed by atoms with van der Waals surface area (Å²) in [4.78, 5) is 2.01. The molecule has 0 saturated carbocycles. The Hall–Kier alpha value is -1.27. The molecule has 0 aliphatic rings. The first-order valence-corrected chi connectivity index (χ1v) is 6.45. The first-order chi connectivity index (χ1) is 8.60. The van der Waals surface area contributed by atoms with Crippen molar-refractivity contribution in [1.82, 2.24) is 0 Å². The number of oxime groups is 1. The summed E-state index contributed by atoms with van der Waals surface area (Å²) in [7, 11) is 1.94. The maximum Gasteiger partial charge on any atom is 0.172 e. The fourth-order valence-electron chi connectivity index (χ4n) is 1.57. The molecule has 100 valence electrons. The highest BCUT2D eigenvalue weighted by Gasteiger charge is 2.11. The Morgan fingerprint density at radius 1 is 1.56 bits per heavy atom. The van der Waals surface area contributed by atoms with E-state index in [2.05, 4.69) is 21.1 Å². The molecular weight excluding hydrogens is 298 g/mol. The summed E-state index contributed by atoms with van der Waals surface area (Å²) in [5.41, 5.74) is 7.26. The Bertz CT molecular complexity index is 424. The van der Waals surface area contributed by atoms with Gasteiger partial charge >= 0.3 is 0 Å². The average Bonchev–Trinajstić information content (AvgIpc) is 2.37. The predicted octanol–water partition coefficient (Wildman–Crippen LogP) is 2.02. The third-order valence-electron chi connectivity index (χ3n) is 2.53. The quantitative estimate of drug-likeness (QED) is 0.277. The van der Waals surface area contributed by atoms with E-state index in [0.717, 1.165) is 16.7 Å². The summed E-state index contributed by atoms with van der Waals surface area (Å²) >= 11 is 3.37. The van der Waals surface area contributed by atoms with Crippen LogP contribution in [0.15, 0.2) is 27.8 Å². The van der Waals surface area contributed by atoms with Gasteiger partial charge in [0.1, 0.15) is 0 Å². The molecular formula is C12H18BrN3O2. The fraction of sp³-hybridized carbons (Fsp3) is 0.417. The highest BCUT2D eigenvalue weighted by Crippen LogP contribution is 2.23. The molecule has 1 aromatic rings. The molecule has 0 unspecified atom stereocenters. The number of hydrogen-bond acceptors (Lipinski definition) is 4. The highest BCUT2D eigenvalue weighted by molar-refractivity contribution is 9.10. The minimum absolute atomic E-state index is 0.0922. The van der Waals surface area contributed by atoms with Crippen molar-refractivity contribution in [1.29, 1.82) is 0 Å². The van der Waals surface area contributed by atoms with Crippen LogP contribution in [-0.4, -0.2) is 37.8 Å². The second-order valence-electron chi connectivity index (χ2n) is 3.77. The molecule has 0 bridgehead atoms. The molecule has 18 heavy (non-hydrogen) atoms. The largest absolute Gasteiger partial charge is 0.409 e. The predicted molar refractivity (Wildman–Crippen MR) is 76.4 cm³/mol. The number of likely N-dealkylation sites (N-methyl/N-ethyl adjacent to an activating group) is 1. The van der Waals surface area contributed by atoms with E-state index in [1.165, 1.54) is 0 Å². The van der Waals surface area contributed by atoms with E-state index in [1.807, 2.05) is 37.1 Å². The maximum atomic E-state index is 8.80. The van der Waals surface area contributed by atoms with Gasteiger partial charge in [0.15, 0.2) is 5.84 Å². The monoisotopic (exact) mass is 315 g/mol. The van der Waals surface area contributed by atoms with Gasteiger partial charge in [-0.2, -0.15) is 0 Å². The minimum Gasteiger partial charge on any atom is -0.409 e. The molecule has 3 N–H and O–H groups in total. The average molecular weight is 316 g/mol. The lowest BCUT2D eigenvalue weighted by Crippen LogP contribution is -2.26. The lowest BCUT2D eigenvalue weighted by atomic mass is 10.1. The van der Waals surface area contributed by atoms with Gasteiger partial charge < -0.3 is 20.6 Å². The zero-order valence-electron chi connectivity index (χ0n) is 10.6. The van der Waals surface area contributed by atoms with Crippen LogP contribution < -0.4 is 10.6 Å². The number of benzene rings is 1. The summed E-state index contributed by atoms with van der Waals surface area (Å²) in [5.74, 6) is 0.0922. The van der Waals surface area contributed by atoms with Crippen molar-refractivity contribution in [3.8, 4) is 0 Å². The molecule has 0 radical (unpaired) electrons. The van der Waals surface area contributed by atoms with Gasteiger partial charge in [0.2, 0.25) is 0 Å². The van der Waals surface area contributed by atoms with Gasteiger partial charge in [0.25, 0.3) is 0 Å². The van der Waals surface area contributed by atoms with Gasteiger partial charge in [0.05, 0.1) is 6.61 Å². The number of halogens is 1. The molecule has 0 saturated heterocycles. The van der Waals surface area contributed by atoms with Crippen molar-refractivity contribution >= 4 is 27.5 Å². The second kappa shape index (κ2) is 7.23. The standard InChI is InChI=1S/C12H18BrN3O2/c1-3-18-7-6-16(2)11-5-4-9(13)8-10(11)12(14)15-17/h4-5,8,17H,3,6-7H2,1-2H3,(H2,14,15). The topological polar surface area (TPSA) is 71.1 Å². The Morgan fingerprint density at radius 2 is 2.28 bits per heavy atom. The van der Waals surface area contributed by atoms with Crippen LogP contribution in [0.2, 0.25) is 0 Å². The first kappa shape index (κ1) is 14.8. The van der Waals surface area contributed by atoms with Crippen LogP contribution in [0.1, 0.15) is 12.5 Å². The highest BCUT2D eigenvalue weighted by atomic mass is 79.9. The normalized spacial score (nSPS) is 11.6. The Balaban J connectivity index is 2.93. The Kier molecular flexibility index (Phi) is 5.94. The zero-order valence-corrected chi connectivity index (χ0v) is 12.1. The van der Waals surface area contributed by atoms with Crippen LogP contribution in [0, 0.1) is 0 Å². The van der Waals surface area contributed by atoms with E-state index in [1.54, 1.807) is 0 Å². The summed E-state index contributed by atoms with van der Waals surface area (Å²) < 4.78 is 6.19. The van der Waals surface area contributed by atoms with Gasteiger partial charge in [-0.3, -0.25) is 0 Å². The summed E-state index contributed by atoms with van der Waals surface area (Å²) in [6.07, 6.45) is 0. The molecule has 0 aliphatic carbocycles. The van der Waals surface area contributed by atoms with Crippen molar-refractivity contribution in [2.75, 3.05) is 31.7 Å². The lowest BCUT2D eigenvalue weighted by molar-refractivity contribution is 0.154. The number of anilines is 1. The number of rotatable bonds is 6. The van der Waals surface area contributed by atoms with E-state index in [-0.39, 0.29) is 5.84 Å². The van der Waals surface area contributed by atoms with Crippen LogP contribution in [0.3, 0.4) is 0 Å². The van der Waals surface area contributed by atoms with E-state index in [4.69, 9.17) is 15.7 Å². The zero-order chi connectivity index (χ0) is 13.5. The van der Waals surface area contributed by atoms with E-state index < -0.39 is 0 Å². The molecule has 0 aromatic heterocycles. The summed E-state index contributed by atoms with van der Waals surface area (Å²) in [6, 6.07) is 5.66. The Labute approximate surface area is 115 Å². The van der Waals surface area contributed by atoms with Crippen LogP contribution in [-0.2, 0) is 4.74 Å². The Morgan fingerprint density at radius 3 is 2.89 bits per heavy atom. The number of nitrogens with zero attached hydrogens (tertiary/aromatic N) is 2. The molecule has 5 nitrogen and oxygen atoms in total. The molecule has 1 aromatic carbocycles. The fourth-order valence-corrected chi connectivity index (χ4v) is 1.93. The molecule has 1 rings (SSSR count). The lowest BCUT2D eigenvalue weighted by Gasteiger charge is -2.22. The maximum absolute atomic E-state index is 8.80. The minimum atomic E-state index is 0.0922. The molecule has 0 aliphatic heterocycles. The summed E-state index contributed by atoms with van der Waals surface area (Å²) in [5, 5.41) is 11.9. The smallest absolute Gasteiger partial charge is 0.172 e. The number of hydrogen-bond donors (Lipinski definition) is 2. The molecule has 0 amide bonds. The van der Waals surface area contributed by atoms with Crippen molar-refractivity contribution < 1.29 is 9.94 Å². The van der Waals surface area contributed by atoms with E-state index in [0.29, 0.717) is 18.8 Å². The van der Waals surface area contributed by atoms with Crippen LogP contribution in [0.5, 0.6) is 0 Å². The first-order valence-electron chi connectivity index (χ1n) is 5.66. The van der Waals surface area contributed by atoms with Crippen LogP contribution in [0.4, 0.5) is 5.69 Å². The van der Waals surface area contributed by atoms with Crippen molar-refractivity contribution in [2.24, 2.45) is 10.9 Å². The third kappa shape index (κ3) is 3.89.